The van der Waals surface area contributed by atoms with Gasteiger partial charge in [0.15, 0.2) is 0 Å². The third kappa shape index (κ3) is 2.63. The molecule has 1 aliphatic rings. The summed E-state index contributed by atoms with van der Waals surface area (Å²) in [7, 11) is 1.37. The maximum atomic E-state index is 12.4. The maximum absolute atomic E-state index is 12.4. The van der Waals surface area contributed by atoms with Crippen LogP contribution < -0.4 is 0 Å². The third-order valence-corrected chi connectivity index (χ3v) is 5.87. The predicted octanol–water partition coefficient (Wildman–Crippen LogP) is 2.62. The van der Waals surface area contributed by atoms with E-state index in [0.29, 0.717) is 29.6 Å². The van der Waals surface area contributed by atoms with E-state index in [9.17, 15) is 9.59 Å². The summed E-state index contributed by atoms with van der Waals surface area (Å²) in [6.07, 6.45) is 1.28. The first-order valence-corrected chi connectivity index (χ1v) is 9.12. The number of ether oxygens (including phenoxy) is 1. The van der Waals surface area contributed by atoms with E-state index in [1.165, 1.54) is 18.4 Å². The molecule has 1 atom stereocenters. The second-order valence-corrected chi connectivity index (χ2v) is 7.17. The van der Waals surface area contributed by atoms with Crippen molar-refractivity contribution in [3.8, 4) is 5.00 Å². The number of rotatable bonds is 4. The van der Waals surface area contributed by atoms with Gasteiger partial charge in [-0.2, -0.15) is 0 Å². The number of carbonyl (C=O) groups excluding carboxylic acids is 2. The number of methoxy groups -OCH3 is 1. The molecule has 0 saturated heterocycles. The van der Waals surface area contributed by atoms with Gasteiger partial charge >= 0.3 is 5.97 Å². The van der Waals surface area contributed by atoms with E-state index in [4.69, 9.17) is 4.74 Å². The molecule has 8 heteroatoms. The summed E-state index contributed by atoms with van der Waals surface area (Å²) in [5.74, 6) is 1.19. The number of carbonyl (C=O) groups is 2. The Balaban J connectivity index is 2.17. The molecule has 0 aromatic carbocycles. The van der Waals surface area contributed by atoms with Crippen LogP contribution in [0, 0.1) is 12.8 Å². The minimum atomic E-state index is -0.379. The highest BCUT2D eigenvalue weighted by Gasteiger charge is 2.35. The second-order valence-electron chi connectivity index (χ2n) is 5.52. The molecule has 0 amide bonds. The highest BCUT2D eigenvalue weighted by molar-refractivity contribution is 9.08. The zero-order chi connectivity index (χ0) is 16.7. The van der Waals surface area contributed by atoms with Crippen molar-refractivity contribution in [2.75, 3.05) is 7.11 Å². The first-order valence-electron chi connectivity index (χ1n) is 7.18. The predicted molar refractivity (Wildman–Crippen MR) is 89.5 cm³/mol. The van der Waals surface area contributed by atoms with Crippen molar-refractivity contribution in [1.29, 1.82) is 0 Å². The van der Waals surface area contributed by atoms with Crippen LogP contribution in [-0.2, 0) is 27.7 Å². The quantitative estimate of drug-likeness (QED) is 0.585. The number of Topliss-reactive ketones (excluding diaryl/α,β-unsaturated/α-hetero) is 1. The van der Waals surface area contributed by atoms with Gasteiger partial charge in [-0.05, 0) is 32.3 Å². The minimum Gasteiger partial charge on any atom is -0.465 e. The molecule has 2 aromatic heterocycles. The van der Waals surface area contributed by atoms with Gasteiger partial charge in [0.1, 0.15) is 22.4 Å². The molecule has 2 heterocycles. The maximum Gasteiger partial charge on any atom is 0.341 e. The molecule has 6 nitrogen and oxygen atoms in total. The lowest BCUT2D eigenvalue weighted by Crippen LogP contribution is -2.13. The second kappa shape index (κ2) is 6.16. The fraction of sp³-hybridized carbons (Fsp3) is 0.467. The van der Waals surface area contributed by atoms with Gasteiger partial charge in [-0.15, -0.1) is 21.5 Å². The number of halogens is 1. The number of fused-ring (bicyclic) bond motifs is 1. The largest absolute Gasteiger partial charge is 0.465 e. The highest BCUT2D eigenvalue weighted by atomic mass is 79.9. The lowest BCUT2D eigenvalue weighted by Gasteiger charge is -2.10. The number of alkyl halides is 1. The molecule has 122 valence electrons. The lowest BCUT2D eigenvalue weighted by molar-refractivity contribution is -0.120. The van der Waals surface area contributed by atoms with E-state index in [1.54, 1.807) is 6.92 Å². The van der Waals surface area contributed by atoms with E-state index in [-0.39, 0.29) is 17.7 Å². The van der Waals surface area contributed by atoms with Crippen molar-refractivity contribution in [1.82, 2.24) is 14.8 Å². The van der Waals surface area contributed by atoms with Crippen molar-refractivity contribution in [3.63, 3.8) is 0 Å². The molecule has 23 heavy (non-hydrogen) atoms. The Hall–Kier alpha value is -1.54. The van der Waals surface area contributed by atoms with Crippen LogP contribution in [-0.4, -0.2) is 33.6 Å². The summed E-state index contributed by atoms with van der Waals surface area (Å²) in [5.41, 5.74) is 1.48. The van der Waals surface area contributed by atoms with Crippen molar-refractivity contribution in [2.24, 2.45) is 5.92 Å². The lowest BCUT2D eigenvalue weighted by atomic mass is 10.0. The van der Waals surface area contributed by atoms with Gasteiger partial charge in [0, 0.05) is 10.8 Å². The fourth-order valence-corrected chi connectivity index (χ4v) is 4.76. The Bertz CT molecular complexity index is 796. The van der Waals surface area contributed by atoms with Crippen LogP contribution in [0.2, 0.25) is 0 Å². The summed E-state index contributed by atoms with van der Waals surface area (Å²) in [4.78, 5) is 25.1. The van der Waals surface area contributed by atoms with Crippen LogP contribution in [0.15, 0.2) is 0 Å². The van der Waals surface area contributed by atoms with Crippen LogP contribution in [0.5, 0.6) is 0 Å². The Morgan fingerprint density at radius 3 is 2.74 bits per heavy atom. The van der Waals surface area contributed by atoms with E-state index in [1.807, 2.05) is 11.5 Å². The van der Waals surface area contributed by atoms with Crippen LogP contribution in [0.3, 0.4) is 0 Å². The van der Waals surface area contributed by atoms with E-state index in [2.05, 4.69) is 26.1 Å². The minimum absolute atomic E-state index is 0.0358. The number of thiophene rings is 1. The standard InChI is InChI=1S/C15H16BrN3O3S/c1-7(20)9-4-10-11(5-9)23-14(13(10)15(21)22-3)19-8(2)17-18-12(19)6-16/h9H,4-6H2,1-3H3. The number of nitrogens with zero attached hydrogens (tertiary/aromatic N) is 3. The monoisotopic (exact) mass is 397 g/mol. The Morgan fingerprint density at radius 1 is 1.39 bits per heavy atom. The SMILES string of the molecule is COC(=O)c1c(-n2c(C)nnc2CBr)sc2c1CC(C(C)=O)C2. The van der Waals surface area contributed by atoms with Gasteiger partial charge in [0.2, 0.25) is 0 Å². The number of hydrogen-bond acceptors (Lipinski definition) is 6. The molecule has 1 unspecified atom stereocenters. The molecule has 0 bridgehead atoms. The van der Waals surface area contributed by atoms with Crippen molar-refractivity contribution in [2.45, 2.75) is 32.0 Å². The number of esters is 1. The highest BCUT2D eigenvalue weighted by Crippen LogP contribution is 2.41. The first kappa shape index (κ1) is 16.3. The molecule has 2 aromatic rings. The Labute approximate surface area is 146 Å². The molecule has 1 aliphatic carbocycles. The summed E-state index contributed by atoms with van der Waals surface area (Å²) in [6.45, 7) is 3.45. The molecule has 0 fully saturated rings. The first-order chi connectivity index (χ1) is 11.0. The van der Waals surface area contributed by atoms with Gasteiger partial charge < -0.3 is 4.74 Å². The average Bonchev–Trinajstić information content (AvgIpc) is 3.17. The topological polar surface area (TPSA) is 74.1 Å². The van der Waals surface area contributed by atoms with Gasteiger partial charge in [-0.1, -0.05) is 15.9 Å². The van der Waals surface area contributed by atoms with Gasteiger partial charge in [0.05, 0.1) is 18.0 Å². The molecule has 0 saturated carbocycles. The van der Waals surface area contributed by atoms with Crippen molar-refractivity contribution < 1.29 is 14.3 Å². The average molecular weight is 398 g/mol. The van der Waals surface area contributed by atoms with Gasteiger partial charge in [0.25, 0.3) is 0 Å². The summed E-state index contributed by atoms with van der Waals surface area (Å²) < 4.78 is 6.87. The fourth-order valence-electron chi connectivity index (χ4n) is 2.94. The van der Waals surface area contributed by atoms with Crippen LogP contribution in [0.4, 0.5) is 0 Å². The number of ketones is 1. The van der Waals surface area contributed by atoms with Gasteiger partial charge in [-0.3, -0.25) is 9.36 Å². The van der Waals surface area contributed by atoms with E-state index >= 15 is 0 Å². The van der Waals surface area contributed by atoms with Crippen molar-refractivity contribution in [3.05, 3.63) is 27.7 Å². The van der Waals surface area contributed by atoms with Crippen LogP contribution >= 0.6 is 27.3 Å². The molecular formula is C15H16BrN3O3S. The number of aryl methyl sites for hydroxylation is 1. The van der Waals surface area contributed by atoms with Gasteiger partial charge in [-0.25, -0.2) is 4.79 Å². The summed E-state index contributed by atoms with van der Waals surface area (Å²) >= 11 is 4.93. The summed E-state index contributed by atoms with van der Waals surface area (Å²) in [6, 6.07) is 0. The molecule has 3 rings (SSSR count). The summed E-state index contributed by atoms with van der Waals surface area (Å²) in [5, 5.41) is 9.54. The molecule has 0 aliphatic heterocycles. The molecule has 0 radical (unpaired) electrons. The van der Waals surface area contributed by atoms with E-state index in [0.717, 1.165) is 21.3 Å². The number of hydrogen-bond donors (Lipinski definition) is 0. The molecule has 0 spiro atoms. The zero-order valence-corrected chi connectivity index (χ0v) is 15.5. The molecule has 0 N–H and O–H groups in total. The Kier molecular flexibility index (Phi) is 4.37. The normalized spacial score (nSPS) is 16.4. The van der Waals surface area contributed by atoms with E-state index < -0.39 is 0 Å². The van der Waals surface area contributed by atoms with Crippen molar-refractivity contribution >= 4 is 39.0 Å². The van der Waals surface area contributed by atoms with Crippen LogP contribution in [0.1, 0.15) is 39.4 Å². The Morgan fingerprint density at radius 2 is 2.13 bits per heavy atom. The van der Waals surface area contributed by atoms with Crippen LogP contribution in [0.25, 0.3) is 5.00 Å². The zero-order valence-electron chi connectivity index (χ0n) is 13.1. The smallest absolute Gasteiger partial charge is 0.341 e. The number of aromatic nitrogens is 3. The molecular weight excluding hydrogens is 382 g/mol. The third-order valence-electron chi connectivity index (χ3n) is 4.13.